The molecule has 4 heteroatoms. The van der Waals surface area contributed by atoms with E-state index in [9.17, 15) is 9.18 Å². The third-order valence-corrected chi connectivity index (χ3v) is 2.11. The summed E-state index contributed by atoms with van der Waals surface area (Å²) in [5.41, 5.74) is 1.07. The van der Waals surface area contributed by atoms with E-state index < -0.39 is 11.8 Å². The summed E-state index contributed by atoms with van der Waals surface area (Å²) in [5.74, 6) is -0.993. The van der Waals surface area contributed by atoms with E-state index in [1.165, 1.54) is 6.07 Å². The molecule has 0 bridgehead atoms. The van der Waals surface area contributed by atoms with Crippen LogP contribution in [0.4, 0.5) is 4.39 Å². The highest BCUT2D eigenvalue weighted by Crippen LogP contribution is 2.15. The minimum Gasteiger partial charge on any atom is -0.466 e. The lowest BCUT2D eigenvalue weighted by atomic mass is 10.0. The molecule has 1 aromatic carbocycles. The molecule has 84 valence electrons. The number of carbonyl (C=O) groups is 1. The van der Waals surface area contributed by atoms with Crippen molar-refractivity contribution in [1.29, 1.82) is 5.26 Å². The summed E-state index contributed by atoms with van der Waals surface area (Å²) < 4.78 is 18.1. The minimum absolute atomic E-state index is 0.0209. The Labute approximate surface area is 93.5 Å². The number of halogens is 1. The van der Waals surface area contributed by atoms with Gasteiger partial charge in [-0.15, -0.1) is 0 Å². The number of rotatable bonds is 3. The van der Waals surface area contributed by atoms with Crippen molar-refractivity contribution in [2.45, 2.75) is 20.3 Å². The first kappa shape index (κ1) is 12.2. The summed E-state index contributed by atoms with van der Waals surface area (Å²) in [7, 11) is 0. The molecule has 0 saturated heterocycles. The molecule has 0 amide bonds. The van der Waals surface area contributed by atoms with Crippen molar-refractivity contribution in [2.24, 2.45) is 0 Å². The third-order valence-electron chi connectivity index (χ3n) is 2.11. The minimum atomic E-state index is -0.596. The monoisotopic (exact) mass is 221 g/mol. The van der Waals surface area contributed by atoms with Crippen molar-refractivity contribution >= 4 is 5.97 Å². The first-order valence-electron chi connectivity index (χ1n) is 4.93. The molecule has 16 heavy (non-hydrogen) atoms. The normalized spacial score (nSPS) is 9.62. The molecule has 0 atom stereocenters. The predicted molar refractivity (Wildman–Crippen MR) is 56.2 cm³/mol. The zero-order valence-electron chi connectivity index (χ0n) is 9.21. The maximum absolute atomic E-state index is 13.4. The lowest BCUT2D eigenvalue weighted by Crippen LogP contribution is -2.08. The van der Waals surface area contributed by atoms with E-state index in [1.807, 2.05) is 0 Å². The second-order valence-corrected chi connectivity index (χ2v) is 3.36. The van der Waals surface area contributed by atoms with Gasteiger partial charge in [-0.05, 0) is 31.0 Å². The van der Waals surface area contributed by atoms with Crippen LogP contribution in [-0.4, -0.2) is 12.6 Å². The maximum Gasteiger partial charge on any atom is 0.310 e. The Hall–Kier alpha value is -1.89. The first-order valence-corrected chi connectivity index (χ1v) is 4.93. The van der Waals surface area contributed by atoms with Crippen LogP contribution < -0.4 is 0 Å². The average molecular weight is 221 g/mol. The molecule has 0 aliphatic rings. The van der Waals surface area contributed by atoms with Crippen LogP contribution in [0.15, 0.2) is 12.1 Å². The van der Waals surface area contributed by atoms with Crippen LogP contribution in [0.25, 0.3) is 0 Å². The number of benzene rings is 1. The van der Waals surface area contributed by atoms with Gasteiger partial charge in [0.05, 0.1) is 18.6 Å². The van der Waals surface area contributed by atoms with Gasteiger partial charge in [0.25, 0.3) is 0 Å². The molecule has 0 radical (unpaired) electrons. The van der Waals surface area contributed by atoms with Gasteiger partial charge in [-0.1, -0.05) is 6.07 Å². The highest BCUT2D eigenvalue weighted by atomic mass is 19.1. The zero-order valence-corrected chi connectivity index (χ0v) is 9.21. The van der Waals surface area contributed by atoms with Crippen LogP contribution in [0.1, 0.15) is 23.6 Å². The summed E-state index contributed by atoms with van der Waals surface area (Å²) in [6.07, 6.45) is 0.0251. The van der Waals surface area contributed by atoms with E-state index >= 15 is 0 Å². The van der Waals surface area contributed by atoms with Crippen molar-refractivity contribution in [2.75, 3.05) is 6.61 Å². The topological polar surface area (TPSA) is 50.1 Å². The van der Waals surface area contributed by atoms with E-state index in [-0.39, 0.29) is 12.0 Å². The summed E-state index contributed by atoms with van der Waals surface area (Å²) in [4.78, 5) is 11.2. The van der Waals surface area contributed by atoms with Gasteiger partial charge in [0, 0.05) is 0 Å². The SMILES string of the molecule is CCOC(=O)Cc1cc(C)c(C#N)c(F)c1. The number of aryl methyl sites for hydroxylation is 1. The average Bonchev–Trinajstić information content (AvgIpc) is 2.17. The summed E-state index contributed by atoms with van der Waals surface area (Å²) in [5, 5.41) is 8.67. The lowest BCUT2D eigenvalue weighted by Gasteiger charge is -2.05. The van der Waals surface area contributed by atoms with Gasteiger partial charge >= 0.3 is 5.97 Å². The second-order valence-electron chi connectivity index (χ2n) is 3.36. The molecule has 1 rings (SSSR count). The Morgan fingerprint density at radius 1 is 1.56 bits per heavy atom. The second kappa shape index (κ2) is 5.26. The molecule has 0 spiro atoms. The number of nitrogens with zero attached hydrogens (tertiary/aromatic N) is 1. The van der Waals surface area contributed by atoms with Gasteiger partial charge < -0.3 is 4.74 Å². The van der Waals surface area contributed by atoms with Crippen molar-refractivity contribution in [3.05, 3.63) is 34.6 Å². The molecular weight excluding hydrogens is 209 g/mol. The fourth-order valence-corrected chi connectivity index (χ4v) is 1.44. The number of hydrogen-bond donors (Lipinski definition) is 0. The summed E-state index contributed by atoms with van der Waals surface area (Å²) >= 11 is 0. The Morgan fingerprint density at radius 2 is 2.25 bits per heavy atom. The van der Waals surface area contributed by atoms with Crippen LogP contribution in [0.2, 0.25) is 0 Å². The third kappa shape index (κ3) is 2.80. The number of hydrogen-bond acceptors (Lipinski definition) is 3. The number of carbonyl (C=O) groups excluding carboxylic acids is 1. The molecule has 0 N–H and O–H groups in total. The molecule has 0 fully saturated rings. The fourth-order valence-electron chi connectivity index (χ4n) is 1.44. The van der Waals surface area contributed by atoms with E-state index in [0.29, 0.717) is 17.7 Å². The molecule has 0 aliphatic heterocycles. The lowest BCUT2D eigenvalue weighted by molar-refractivity contribution is -0.142. The van der Waals surface area contributed by atoms with Crippen LogP contribution >= 0.6 is 0 Å². The van der Waals surface area contributed by atoms with Crippen LogP contribution in [0.3, 0.4) is 0 Å². The van der Waals surface area contributed by atoms with Crippen LogP contribution in [0.5, 0.6) is 0 Å². The van der Waals surface area contributed by atoms with Crippen molar-refractivity contribution in [3.63, 3.8) is 0 Å². The summed E-state index contributed by atoms with van der Waals surface area (Å²) in [6.45, 7) is 3.65. The first-order chi connectivity index (χ1) is 7.58. The largest absolute Gasteiger partial charge is 0.466 e. The molecule has 0 heterocycles. The van der Waals surface area contributed by atoms with Crippen molar-refractivity contribution in [3.8, 4) is 6.07 Å². The van der Waals surface area contributed by atoms with Crippen molar-refractivity contribution in [1.82, 2.24) is 0 Å². The van der Waals surface area contributed by atoms with E-state index in [0.717, 1.165) is 0 Å². The fraction of sp³-hybridized carbons (Fsp3) is 0.333. The highest BCUT2D eigenvalue weighted by molar-refractivity contribution is 5.72. The van der Waals surface area contributed by atoms with Crippen molar-refractivity contribution < 1.29 is 13.9 Å². The Bertz CT molecular complexity index is 426. The Kier molecular flexibility index (Phi) is 4.01. The van der Waals surface area contributed by atoms with E-state index in [1.54, 1.807) is 26.0 Å². The van der Waals surface area contributed by atoms with E-state index in [4.69, 9.17) is 10.00 Å². The smallest absolute Gasteiger partial charge is 0.310 e. The molecule has 3 nitrogen and oxygen atoms in total. The predicted octanol–water partition coefficient (Wildman–Crippen LogP) is 2.11. The van der Waals surface area contributed by atoms with Gasteiger partial charge in [0.15, 0.2) is 0 Å². The molecule has 0 saturated carbocycles. The van der Waals surface area contributed by atoms with E-state index in [2.05, 4.69) is 0 Å². The van der Waals surface area contributed by atoms with Crippen LogP contribution in [0, 0.1) is 24.1 Å². The molecular formula is C12H12FNO2. The number of esters is 1. The van der Waals surface area contributed by atoms with Gasteiger partial charge in [0.2, 0.25) is 0 Å². The molecule has 0 unspecified atom stereocenters. The molecule has 0 aromatic heterocycles. The van der Waals surface area contributed by atoms with Gasteiger partial charge in [0.1, 0.15) is 11.9 Å². The number of ether oxygens (including phenoxy) is 1. The Balaban J connectivity index is 2.93. The standard InChI is InChI=1S/C12H12FNO2/c1-3-16-12(15)6-9-4-8(2)10(7-14)11(13)5-9/h4-5H,3,6H2,1-2H3. The molecule has 0 aliphatic carbocycles. The Morgan fingerprint density at radius 3 is 2.75 bits per heavy atom. The quantitative estimate of drug-likeness (QED) is 0.734. The molecule has 1 aromatic rings. The van der Waals surface area contributed by atoms with Gasteiger partial charge in [-0.2, -0.15) is 5.26 Å². The maximum atomic E-state index is 13.4. The summed E-state index contributed by atoms with van der Waals surface area (Å²) in [6, 6.07) is 4.60. The zero-order chi connectivity index (χ0) is 12.1. The van der Waals surface area contributed by atoms with Gasteiger partial charge in [-0.3, -0.25) is 4.79 Å². The van der Waals surface area contributed by atoms with Gasteiger partial charge in [-0.25, -0.2) is 4.39 Å². The number of nitriles is 1. The highest BCUT2D eigenvalue weighted by Gasteiger charge is 2.10. The van der Waals surface area contributed by atoms with Crippen LogP contribution in [-0.2, 0) is 16.0 Å².